The number of rotatable bonds is 6. The number of methoxy groups -OCH3 is 1. The average molecular weight is 311 g/mol. The van der Waals surface area contributed by atoms with Gasteiger partial charge in [0.25, 0.3) is 0 Å². The summed E-state index contributed by atoms with van der Waals surface area (Å²) in [6.45, 7) is 3.54. The number of likely N-dealkylation sites (N-methyl/N-ethyl adjacent to an activating group) is 1. The molecule has 0 bridgehead atoms. The molecule has 2 aromatic rings. The molecule has 1 unspecified atom stereocenters. The van der Waals surface area contributed by atoms with Crippen molar-refractivity contribution in [2.75, 3.05) is 33.8 Å². The number of hydrogen-bond acceptors (Lipinski definition) is 4. The topological polar surface area (TPSA) is 37.4 Å². The number of nitrogens with one attached hydrogen (secondary N) is 1. The molecule has 1 saturated heterocycles. The van der Waals surface area contributed by atoms with Crippen LogP contribution in [0.3, 0.4) is 0 Å². The summed E-state index contributed by atoms with van der Waals surface area (Å²) in [5.74, 6) is 0.645. The van der Waals surface area contributed by atoms with E-state index in [9.17, 15) is 0 Å². The second-order valence-electron chi connectivity index (χ2n) is 6.06. The SMILES string of the molecule is CNC(CN1CCCC1)c1ccc(-c2ccc(OC)nc2)cc1. The third kappa shape index (κ3) is 3.89. The lowest BCUT2D eigenvalue weighted by atomic mass is 10.0. The van der Waals surface area contributed by atoms with Crippen LogP contribution < -0.4 is 10.1 Å². The summed E-state index contributed by atoms with van der Waals surface area (Å²) in [6.07, 6.45) is 4.52. The van der Waals surface area contributed by atoms with Gasteiger partial charge in [0, 0.05) is 30.4 Å². The van der Waals surface area contributed by atoms with Gasteiger partial charge in [-0.1, -0.05) is 24.3 Å². The molecule has 1 aromatic carbocycles. The molecule has 2 heterocycles. The minimum Gasteiger partial charge on any atom is -0.481 e. The van der Waals surface area contributed by atoms with E-state index in [1.165, 1.54) is 37.1 Å². The zero-order valence-electron chi connectivity index (χ0n) is 14.0. The molecule has 1 N–H and O–H groups in total. The first-order valence-corrected chi connectivity index (χ1v) is 8.30. The van der Waals surface area contributed by atoms with Crippen molar-refractivity contribution in [3.05, 3.63) is 48.2 Å². The molecule has 1 atom stereocenters. The van der Waals surface area contributed by atoms with Gasteiger partial charge < -0.3 is 15.0 Å². The Bertz CT molecular complexity index is 604. The van der Waals surface area contributed by atoms with E-state index >= 15 is 0 Å². The van der Waals surface area contributed by atoms with E-state index in [1.54, 1.807) is 7.11 Å². The molecule has 4 nitrogen and oxygen atoms in total. The van der Waals surface area contributed by atoms with E-state index in [1.807, 2.05) is 25.4 Å². The van der Waals surface area contributed by atoms with Crippen LogP contribution in [0.4, 0.5) is 0 Å². The molecular formula is C19H25N3O. The summed E-state index contributed by atoms with van der Waals surface area (Å²) in [7, 11) is 3.68. The molecular weight excluding hydrogens is 286 g/mol. The smallest absolute Gasteiger partial charge is 0.212 e. The highest BCUT2D eigenvalue weighted by Crippen LogP contribution is 2.23. The minimum absolute atomic E-state index is 0.385. The molecule has 4 heteroatoms. The Kier molecular flexibility index (Phi) is 5.26. The largest absolute Gasteiger partial charge is 0.481 e. The number of aromatic nitrogens is 1. The highest BCUT2D eigenvalue weighted by atomic mass is 16.5. The van der Waals surface area contributed by atoms with Crippen molar-refractivity contribution in [3.63, 3.8) is 0 Å². The lowest BCUT2D eigenvalue weighted by Gasteiger charge is -2.23. The Morgan fingerprint density at radius 1 is 1.09 bits per heavy atom. The number of pyridine rings is 1. The van der Waals surface area contributed by atoms with Gasteiger partial charge in [-0.15, -0.1) is 0 Å². The normalized spacial score (nSPS) is 16.4. The van der Waals surface area contributed by atoms with Crippen LogP contribution in [0.2, 0.25) is 0 Å². The van der Waals surface area contributed by atoms with E-state index in [4.69, 9.17) is 4.74 Å². The van der Waals surface area contributed by atoms with Gasteiger partial charge in [-0.3, -0.25) is 0 Å². The molecule has 23 heavy (non-hydrogen) atoms. The second-order valence-corrected chi connectivity index (χ2v) is 6.06. The molecule has 0 aliphatic carbocycles. The molecule has 1 aromatic heterocycles. The van der Waals surface area contributed by atoms with Crippen molar-refractivity contribution in [1.82, 2.24) is 15.2 Å². The van der Waals surface area contributed by atoms with Gasteiger partial charge in [0.05, 0.1) is 7.11 Å². The molecule has 1 aliphatic heterocycles. The zero-order chi connectivity index (χ0) is 16.1. The lowest BCUT2D eigenvalue weighted by molar-refractivity contribution is 0.299. The maximum Gasteiger partial charge on any atom is 0.212 e. The van der Waals surface area contributed by atoms with Crippen LogP contribution in [0.25, 0.3) is 11.1 Å². The highest BCUT2D eigenvalue weighted by Gasteiger charge is 2.17. The minimum atomic E-state index is 0.385. The van der Waals surface area contributed by atoms with Crippen molar-refractivity contribution in [2.24, 2.45) is 0 Å². The molecule has 3 rings (SSSR count). The Labute approximate surface area is 138 Å². The molecule has 0 spiro atoms. The number of nitrogens with zero attached hydrogens (tertiary/aromatic N) is 2. The first-order chi connectivity index (χ1) is 11.3. The van der Waals surface area contributed by atoms with Gasteiger partial charge in [-0.05, 0) is 50.2 Å². The van der Waals surface area contributed by atoms with E-state index in [0.29, 0.717) is 11.9 Å². The summed E-state index contributed by atoms with van der Waals surface area (Å²) in [6, 6.07) is 13.1. The number of benzene rings is 1. The quantitative estimate of drug-likeness (QED) is 0.889. The summed E-state index contributed by atoms with van der Waals surface area (Å²) >= 11 is 0. The standard InChI is InChI=1S/C19H25N3O/c1-20-18(14-22-11-3-4-12-22)16-7-5-15(6-8-16)17-9-10-19(23-2)21-13-17/h5-10,13,18,20H,3-4,11-12,14H2,1-2H3. The van der Waals surface area contributed by atoms with Gasteiger partial charge in [0.2, 0.25) is 5.88 Å². The first-order valence-electron chi connectivity index (χ1n) is 8.30. The van der Waals surface area contributed by atoms with Gasteiger partial charge in [0.15, 0.2) is 0 Å². The van der Waals surface area contributed by atoms with Crippen LogP contribution in [0.15, 0.2) is 42.6 Å². The Morgan fingerprint density at radius 2 is 1.78 bits per heavy atom. The zero-order valence-corrected chi connectivity index (χ0v) is 14.0. The fourth-order valence-corrected chi connectivity index (χ4v) is 3.17. The van der Waals surface area contributed by atoms with Gasteiger partial charge >= 0.3 is 0 Å². The lowest BCUT2D eigenvalue weighted by Crippen LogP contribution is -2.31. The fraction of sp³-hybridized carbons (Fsp3) is 0.421. The van der Waals surface area contributed by atoms with Crippen molar-refractivity contribution in [1.29, 1.82) is 0 Å². The average Bonchev–Trinajstić information content (AvgIpc) is 3.13. The van der Waals surface area contributed by atoms with Crippen LogP contribution >= 0.6 is 0 Å². The van der Waals surface area contributed by atoms with E-state index in [-0.39, 0.29) is 0 Å². The summed E-state index contributed by atoms with van der Waals surface area (Å²) in [5, 5.41) is 3.45. The monoisotopic (exact) mass is 311 g/mol. The Hall–Kier alpha value is -1.91. The van der Waals surface area contributed by atoms with Crippen LogP contribution in [0.5, 0.6) is 5.88 Å². The number of likely N-dealkylation sites (tertiary alicyclic amines) is 1. The molecule has 1 fully saturated rings. The van der Waals surface area contributed by atoms with Crippen molar-refractivity contribution >= 4 is 0 Å². The van der Waals surface area contributed by atoms with Gasteiger partial charge in [0.1, 0.15) is 0 Å². The molecule has 122 valence electrons. The predicted octanol–water partition coefficient (Wildman–Crippen LogP) is 3.11. The van der Waals surface area contributed by atoms with Crippen LogP contribution in [-0.4, -0.2) is 43.7 Å². The van der Waals surface area contributed by atoms with Crippen LogP contribution in [0, 0.1) is 0 Å². The van der Waals surface area contributed by atoms with E-state index < -0.39 is 0 Å². The maximum absolute atomic E-state index is 5.11. The number of hydrogen-bond donors (Lipinski definition) is 1. The molecule has 0 saturated carbocycles. The Morgan fingerprint density at radius 3 is 2.35 bits per heavy atom. The molecule has 0 radical (unpaired) electrons. The third-order valence-corrected chi connectivity index (χ3v) is 4.58. The van der Waals surface area contributed by atoms with Gasteiger partial charge in [-0.2, -0.15) is 0 Å². The van der Waals surface area contributed by atoms with E-state index in [0.717, 1.165) is 12.1 Å². The second kappa shape index (κ2) is 7.57. The van der Waals surface area contributed by atoms with E-state index in [2.05, 4.69) is 39.5 Å². The summed E-state index contributed by atoms with van der Waals surface area (Å²) in [5.41, 5.74) is 3.63. The van der Waals surface area contributed by atoms with Crippen molar-refractivity contribution in [2.45, 2.75) is 18.9 Å². The highest BCUT2D eigenvalue weighted by molar-refractivity contribution is 5.63. The molecule has 1 aliphatic rings. The third-order valence-electron chi connectivity index (χ3n) is 4.58. The molecule has 0 amide bonds. The Balaban J connectivity index is 1.71. The predicted molar refractivity (Wildman–Crippen MR) is 93.7 cm³/mol. The fourth-order valence-electron chi connectivity index (χ4n) is 3.17. The summed E-state index contributed by atoms with van der Waals surface area (Å²) < 4.78 is 5.11. The maximum atomic E-state index is 5.11. The first kappa shape index (κ1) is 16.0. The van der Waals surface area contributed by atoms with Crippen LogP contribution in [-0.2, 0) is 0 Å². The van der Waals surface area contributed by atoms with Gasteiger partial charge in [-0.25, -0.2) is 4.98 Å². The van der Waals surface area contributed by atoms with Crippen LogP contribution in [0.1, 0.15) is 24.4 Å². The van der Waals surface area contributed by atoms with Crippen molar-refractivity contribution in [3.8, 4) is 17.0 Å². The number of ether oxygens (including phenoxy) is 1. The van der Waals surface area contributed by atoms with Crippen molar-refractivity contribution < 1.29 is 4.74 Å². The summed E-state index contributed by atoms with van der Waals surface area (Å²) in [4.78, 5) is 6.82.